The van der Waals surface area contributed by atoms with Gasteiger partial charge in [0, 0.05) is 37.4 Å². The van der Waals surface area contributed by atoms with Crippen molar-refractivity contribution in [2.45, 2.75) is 6.92 Å². The van der Waals surface area contributed by atoms with Crippen LogP contribution in [0.3, 0.4) is 0 Å². The molecule has 11 heteroatoms. The lowest BCUT2D eigenvalue weighted by Gasteiger charge is -2.26. The van der Waals surface area contributed by atoms with E-state index in [4.69, 9.17) is 14.2 Å². The molecule has 0 aliphatic carbocycles. The zero-order valence-electron chi connectivity index (χ0n) is 22.4. The second-order valence-corrected chi connectivity index (χ2v) is 9.27. The Kier molecular flexibility index (Phi) is 8.29. The molecule has 0 unspecified atom stereocenters. The molecule has 3 heterocycles. The molecule has 0 saturated carbocycles. The summed E-state index contributed by atoms with van der Waals surface area (Å²) in [5.74, 6) is 2.12. The first-order valence-electron chi connectivity index (χ1n) is 13.0. The number of fused-ring (bicyclic) bond motifs is 1. The second kappa shape index (κ2) is 12.4. The first kappa shape index (κ1) is 26.8. The van der Waals surface area contributed by atoms with Crippen molar-refractivity contribution in [1.82, 2.24) is 19.8 Å². The smallest absolute Gasteiger partial charge is 0.319 e. The van der Waals surface area contributed by atoms with E-state index >= 15 is 0 Å². The molecule has 0 radical (unpaired) electrons. The van der Waals surface area contributed by atoms with E-state index in [2.05, 4.69) is 32.0 Å². The number of carbonyl (C=O) groups excluding carboxylic acids is 1. The number of nitrogens with zero attached hydrogens (tertiary/aromatic N) is 4. The van der Waals surface area contributed by atoms with Crippen LogP contribution in [-0.2, 0) is 4.74 Å². The summed E-state index contributed by atoms with van der Waals surface area (Å²) in [7, 11) is 1.62. The summed E-state index contributed by atoms with van der Waals surface area (Å²) >= 11 is 0. The molecule has 3 N–H and O–H groups in total. The third-order valence-electron chi connectivity index (χ3n) is 6.66. The van der Waals surface area contributed by atoms with Crippen LogP contribution in [0.15, 0.2) is 60.9 Å². The zero-order valence-corrected chi connectivity index (χ0v) is 22.4. The number of benzene rings is 2. The highest BCUT2D eigenvalue weighted by Gasteiger charge is 2.18. The van der Waals surface area contributed by atoms with Gasteiger partial charge in [-0.15, -0.1) is 0 Å². The first-order valence-corrected chi connectivity index (χ1v) is 13.0. The number of urea groups is 1. The molecular weight excluding hydrogens is 510 g/mol. The van der Waals surface area contributed by atoms with Crippen molar-refractivity contribution in [1.29, 1.82) is 5.26 Å². The van der Waals surface area contributed by atoms with E-state index in [9.17, 15) is 10.1 Å². The van der Waals surface area contributed by atoms with Gasteiger partial charge in [-0.05, 0) is 55.5 Å². The summed E-state index contributed by atoms with van der Waals surface area (Å²) in [6.07, 6.45) is 3.24. The number of rotatable bonds is 9. The molecule has 206 valence electrons. The van der Waals surface area contributed by atoms with Crippen LogP contribution < -0.4 is 25.4 Å². The van der Waals surface area contributed by atoms with E-state index in [-0.39, 0.29) is 6.03 Å². The minimum atomic E-state index is -0.297. The van der Waals surface area contributed by atoms with Crippen molar-refractivity contribution in [3.05, 3.63) is 72.1 Å². The summed E-state index contributed by atoms with van der Waals surface area (Å²) in [5.41, 5.74) is 3.84. The molecule has 1 aliphatic rings. The Hall–Kier alpha value is -4.79. The summed E-state index contributed by atoms with van der Waals surface area (Å²) in [6.45, 7) is 6.36. The number of ether oxygens (including phenoxy) is 3. The Balaban J connectivity index is 1.28. The summed E-state index contributed by atoms with van der Waals surface area (Å²) in [6, 6.07) is 16.7. The third kappa shape index (κ3) is 6.26. The van der Waals surface area contributed by atoms with Gasteiger partial charge in [0.2, 0.25) is 0 Å². The highest BCUT2D eigenvalue weighted by molar-refractivity contribution is 5.94. The fourth-order valence-electron chi connectivity index (χ4n) is 4.47. The molecule has 11 nitrogen and oxygen atoms in total. The van der Waals surface area contributed by atoms with Crippen molar-refractivity contribution in [2.24, 2.45) is 0 Å². The maximum absolute atomic E-state index is 12.6. The number of anilines is 3. The van der Waals surface area contributed by atoms with Gasteiger partial charge >= 0.3 is 6.03 Å². The molecule has 1 fully saturated rings. The van der Waals surface area contributed by atoms with Crippen LogP contribution >= 0.6 is 0 Å². The van der Waals surface area contributed by atoms with Crippen LogP contribution in [0.25, 0.3) is 5.52 Å². The van der Waals surface area contributed by atoms with Gasteiger partial charge in [-0.2, -0.15) is 10.4 Å². The highest BCUT2D eigenvalue weighted by atomic mass is 16.5. The lowest BCUT2D eigenvalue weighted by molar-refractivity contribution is 0.0388. The van der Waals surface area contributed by atoms with Gasteiger partial charge in [0.25, 0.3) is 0 Å². The molecular formula is C29H31N7O4. The SMILES string of the molecule is COc1ccc(Oc2ccc(Nc3c(C#N)cnn4cc(NC(=O)NCCN5CCOCC5)c(C)c34)cc2)cc1. The monoisotopic (exact) mass is 541 g/mol. The Morgan fingerprint density at radius 2 is 1.75 bits per heavy atom. The van der Waals surface area contributed by atoms with E-state index in [0.29, 0.717) is 40.5 Å². The molecule has 2 amide bonds. The molecule has 1 saturated heterocycles. The van der Waals surface area contributed by atoms with Gasteiger partial charge in [-0.25, -0.2) is 9.31 Å². The maximum Gasteiger partial charge on any atom is 0.319 e. The predicted octanol–water partition coefficient (Wildman–Crippen LogP) is 4.51. The minimum absolute atomic E-state index is 0.297. The number of amides is 2. The first-order chi connectivity index (χ1) is 19.5. The average molecular weight is 542 g/mol. The Morgan fingerprint density at radius 1 is 1.07 bits per heavy atom. The number of aromatic nitrogens is 2. The van der Waals surface area contributed by atoms with Crippen molar-refractivity contribution in [3.8, 4) is 23.3 Å². The molecule has 0 spiro atoms. The summed E-state index contributed by atoms with van der Waals surface area (Å²) in [4.78, 5) is 14.9. The number of hydrogen-bond donors (Lipinski definition) is 3. The molecule has 5 rings (SSSR count). The Morgan fingerprint density at radius 3 is 2.42 bits per heavy atom. The predicted molar refractivity (Wildman–Crippen MR) is 152 cm³/mol. The number of morpholine rings is 1. The number of nitriles is 1. The molecule has 4 aromatic rings. The largest absolute Gasteiger partial charge is 0.497 e. The highest BCUT2D eigenvalue weighted by Crippen LogP contribution is 2.33. The van der Waals surface area contributed by atoms with E-state index in [1.807, 2.05) is 55.5 Å². The van der Waals surface area contributed by atoms with Crippen molar-refractivity contribution in [3.63, 3.8) is 0 Å². The van der Waals surface area contributed by atoms with Gasteiger partial charge in [0.15, 0.2) is 0 Å². The van der Waals surface area contributed by atoms with Gasteiger partial charge in [-0.3, -0.25) is 4.90 Å². The minimum Gasteiger partial charge on any atom is -0.497 e. The van der Waals surface area contributed by atoms with Crippen molar-refractivity contribution < 1.29 is 19.0 Å². The topological polar surface area (TPSA) is 125 Å². The lowest BCUT2D eigenvalue weighted by atomic mass is 10.1. The van der Waals surface area contributed by atoms with Gasteiger partial charge in [0.05, 0.1) is 55.2 Å². The maximum atomic E-state index is 12.6. The quantitative estimate of drug-likeness (QED) is 0.283. The van der Waals surface area contributed by atoms with Gasteiger partial charge < -0.3 is 30.2 Å². The summed E-state index contributed by atoms with van der Waals surface area (Å²) in [5, 5.41) is 23.3. The summed E-state index contributed by atoms with van der Waals surface area (Å²) < 4.78 is 18.1. The van der Waals surface area contributed by atoms with E-state index in [1.165, 1.54) is 6.20 Å². The van der Waals surface area contributed by atoms with E-state index in [1.54, 1.807) is 17.8 Å². The van der Waals surface area contributed by atoms with Crippen LogP contribution in [0.2, 0.25) is 0 Å². The van der Waals surface area contributed by atoms with Crippen LogP contribution in [0.5, 0.6) is 17.2 Å². The number of hydrogen-bond acceptors (Lipinski definition) is 8. The van der Waals surface area contributed by atoms with E-state index in [0.717, 1.165) is 49.8 Å². The van der Waals surface area contributed by atoms with Crippen LogP contribution in [0.1, 0.15) is 11.1 Å². The van der Waals surface area contributed by atoms with Crippen LogP contribution in [0.4, 0.5) is 21.9 Å². The second-order valence-electron chi connectivity index (χ2n) is 9.27. The molecule has 0 bridgehead atoms. The zero-order chi connectivity index (χ0) is 27.9. The Labute approximate surface area is 232 Å². The van der Waals surface area contributed by atoms with Crippen LogP contribution in [0, 0.1) is 18.3 Å². The lowest BCUT2D eigenvalue weighted by Crippen LogP contribution is -2.42. The fraction of sp³-hybridized carbons (Fsp3) is 0.276. The normalized spacial score (nSPS) is 13.4. The number of carbonyl (C=O) groups is 1. The van der Waals surface area contributed by atoms with Crippen molar-refractivity contribution in [2.75, 3.05) is 57.1 Å². The molecule has 2 aromatic carbocycles. The van der Waals surface area contributed by atoms with Gasteiger partial charge in [-0.1, -0.05) is 0 Å². The molecule has 1 aliphatic heterocycles. The average Bonchev–Trinajstić information content (AvgIpc) is 3.30. The van der Waals surface area contributed by atoms with Gasteiger partial charge in [0.1, 0.15) is 23.3 Å². The molecule has 40 heavy (non-hydrogen) atoms. The molecule has 2 aromatic heterocycles. The number of aryl methyl sites for hydroxylation is 1. The van der Waals surface area contributed by atoms with Crippen LogP contribution in [-0.4, -0.2) is 67.0 Å². The number of nitrogens with one attached hydrogen (secondary N) is 3. The number of methoxy groups -OCH3 is 1. The fourth-order valence-corrected chi connectivity index (χ4v) is 4.47. The standard InChI is InChI=1S/C29H31N7O4/c1-20-26(34-29(37)31-11-12-35-13-15-39-16-14-35)19-36-28(20)27(21(17-30)18-32-36)33-22-3-5-24(6-4-22)40-25-9-7-23(38-2)8-10-25/h3-10,18-19,33H,11-16H2,1-2H3,(H2,31,34,37). The van der Waals surface area contributed by atoms with Crippen molar-refractivity contribution >= 4 is 28.6 Å². The third-order valence-corrected chi connectivity index (χ3v) is 6.66. The van der Waals surface area contributed by atoms with E-state index < -0.39 is 0 Å². The Bertz CT molecular complexity index is 1500. The molecule has 0 atom stereocenters.